The number of unbranched alkanes of at least 4 members (excludes halogenated alkanes) is 1. The smallest absolute Gasteiger partial charge is 0.0351 e. The largest absolute Gasteiger partial charge is 0.388 e. The first-order valence-electron chi connectivity index (χ1n) is 7.77. The first-order valence-corrected chi connectivity index (χ1v) is 7.77. The van der Waals surface area contributed by atoms with Crippen molar-refractivity contribution in [1.29, 1.82) is 0 Å². The average Bonchev–Trinajstić information content (AvgIpc) is 2.57. The van der Waals surface area contributed by atoms with Crippen LogP contribution >= 0.6 is 24.0 Å². The van der Waals surface area contributed by atoms with Crippen molar-refractivity contribution in [3.05, 3.63) is 60.2 Å². The number of aryl methyl sites for hydroxylation is 1. The molecule has 0 N–H and O–H groups in total. The van der Waals surface area contributed by atoms with Crippen molar-refractivity contribution < 1.29 is 4.74 Å². The zero-order valence-electron chi connectivity index (χ0n) is 14.6. The minimum absolute atomic E-state index is 0. The van der Waals surface area contributed by atoms with Gasteiger partial charge in [0, 0.05) is 14.2 Å². The summed E-state index contributed by atoms with van der Waals surface area (Å²) in [6.45, 7) is 6.54. The molecular weight excluding hydrogens is 383 g/mol. The molecule has 2 aromatic rings. The van der Waals surface area contributed by atoms with Crippen molar-refractivity contribution in [2.24, 2.45) is 0 Å². The molecule has 2 heteroatoms. The maximum absolute atomic E-state index is 4.25. The minimum atomic E-state index is 0. The Morgan fingerprint density at radius 3 is 1.45 bits per heavy atom. The zero-order chi connectivity index (χ0) is 15.9. The molecule has 0 saturated heterocycles. The van der Waals surface area contributed by atoms with Gasteiger partial charge in [0.1, 0.15) is 0 Å². The molecule has 2 aromatic carbocycles. The van der Waals surface area contributed by atoms with Gasteiger partial charge in [-0.3, -0.25) is 0 Å². The Kier molecular flexibility index (Phi) is 17.5. The van der Waals surface area contributed by atoms with E-state index >= 15 is 0 Å². The average molecular weight is 414 g/mol. The Labute approximate surface area is 154 Å². The summed E-state index contributed by atoms with van der Waals surface area (Å²) in [6, 6.07) is 19.2. The van der Waals surface area contributed by atoms with Crippen LogP contribution in [0.1, 0.15) is 39.2 Å². The molecule has 0 spiro atoms. The van der Waals surface area contributed by atoms with Crippen LogP contribution in [0.15, 0.2) is 54.6 Å². The van der Waals surface area contributed by atoms with E-state index in [9.17, 15) is 0 Å². The fraction of sp³-hybridized carbons (Fsp3) is 0.400. The highest BCUT2D eigenvalue weighted by Gasteiger charge is 1.95. The van der Waals surface area contributed by atoms with Crippen LogP contribution in [0.3, 0.4) is 0 Å². The molecule has 0 radical (unpaired) electrons. The molecule has 0 aliphatic heterocycles. The van der Waals surface area contributed by atoms with Crippen molar-refractivity contribution in [2.45, 2.75) is 40.0 Å². The summed E-state index contributed by atoms with van der Waals surface area (Å²) in [5, 5.41) is 0. The maximum Gasteiger partial charge on any atom is 0.0351 e. The molecule has 1 nitrogen and oxygen atoms in total. The standard InChI is InChI=1S/C14H14.C4H10.C2H6O.HI/c1-2-12-8-10-14(11-9-12)13-6-4-3-5-7-13;1-3-4-2;1-3-2;/h3-11H,2H2,1H3;3-4H2,1-2H3;1-2H3;1H. The van der Waals surface area contributed by atoms with Gasteiger partial charge in [0.15, 0.2) is 0 Å². The number of rotatable bonds is 3. The summed E-state index contributed by atoms with van der Waals surface area (Å²) in [5.41, 5.74) is 3.97. The summed E-state index contributed by atoms with van der Waals surface area (Å²) in [7, 11) is 3.25. The van der Waals surface area contributed by atoms with Crippen molar-refractivity contribution in [2.75, 3.05) is 14.2 Å². The normalized spacial score (nSPS) is 8.59. The lowest BCUT2D eigenvalue weighted by molar-refractivity contribution is 0.277. The van der Waals surface area contributed by atoms with Crippen LogP contribution in [0.5, 0.6) is 0 Å². The molecule has 0 saturated carbocycles. The molecule has 0 unspecified atom stereocenters. The van der Waals surface area contributed by atoms with Gasteiger partial charge >= 0.3 is 0 Å². The van der Waals surface area contributed by atoms with Gasteiger partial charge in [0.2, 0.25) is 0 Å². The van der Waals surface area contributed by atoms with Gasteiger partial charge in [0.25, 0.3) is 0 Å². The van der Waals surface area contributed by atoms with E-state index in [1.54, 1.807) is 14.2 Å². The summed E-state index contributed by atoms with van der Waals surface area (Å²) in [6.07, 6.45) is 3.75. The van der Waals surface area contributed by atoms with E-state index in [1.807, 2.05) is 6.07 Å². The second kappa shape index (κ2) is 16.5. The van der Waals surface area contributed by atoms with E-state index in [2.05, 4.69) is 74.0 Å². The van der Waals surface area contributed by atoms with E-state index < -0.39 is 0 Å². The number of benzene rings is 2. The molecule has 0 atom stereocenters. The van der Waals surface area contributed by atoms with Crippen LogP contribution in [-0.2, 0) is 11.2 Å². The Bertz CT molecular complexity index is 435. The van der Waals surface area contributed by atoms with Crippen molar-refractivity contribution >= 4 is 24.0 Å². The number of hydrogen-bond acceptors (Lipinski definition) is 1. The van der Waals surface area contributed by atoms with Crippen LogP contribution in [0.2, 0.25) is 0 Å². The maximum atomic E-state index is 4.25. The number of ether oxygens (including phenoxy) is 1. The van der Waals surface area contributed by atoms with Gasteiger partial charge in [-0.1, -0.05) is 88.2 Å². The van der Waals surface area contributed by atoms with Gasteiger partial charge in [-0.05, 0) is 23.1 Å². The quantitative estimate of drug-likeness (QED) is 0.514. The highest BCUT2D eigenvalue weighted by Crippen LogP contribution is 2.19. The van der Waals surface area contributed by atoms with E-state index in [0.717, 1.165) is 6.42 Å². The lowest BCUT2D eigenvalue weighted by Crippen LogP contribution is -1.80. The number of methoxy groups -OCH3 is 1. The van der Waals surface area contributed by atoms with Crippen molar-refractivity contribution in [1.82, 2.24) is 0 Å². The van der Waals surface area contributed by atoms with Crippen molar-refractivity contribution in [3.8, 4) is 11.1 Å². The summed E-state index contributed by atoms with van der Waals surface area (Å²) < 4.78 is 4.25. The monoisotopic (exact) mass is 414 g/mol. The fourth-order valence-corrected chi connectivity index (χ4v) is 1.56. The fourth-order valence-electron chi connectivity index (χ4n) is 1.56. The summed E-state index contributed by atoms with van der Waals surface area (Å²) in [5.74, 6) is 0. The molecule has 0 amide bonds. The molecule has 124 valence electrons. The molecule has 0 aliphatic rings. The SMILES string of the molecule is CCCC.CCc1ccc(-c2ccccc2)cc1.COC.I. The molecular formula is C20H31IO. The zero-order valence-corrected chi connectivity index (χ0v) is 17.0. The lowest BCUT2D eigenvalue weighted by Gasteiger charge is -2.02. The van der Waals surface area contributed by atoms with Gasteiger partial charge in [-0.25, -0.2) is 0 Å². The van der Waals surface area contributed by atoms with Gasteiger partial charge in [-0.2, -0.15) is 0 Å². The highest BCUT2D eigenvalue weighted by atomic mass is 127. The summed E-state index contributed by atoms with van der Waals surface area (Å²) >= 11 is 0. The molecule has 0 aliphatic carbocycles. The topological polar surface area (TPSA) is 9.23 Å². The molecule has 0 bridgehead atoms. The Morgan fingerprint density at radius 2 is 1.09 bits per heavy atom. The van der Waals surface area contributed by atoms with Gasteiger partial charge < -0.3 is 4.74 Å². The predicted molar refractivity (Wildman–Crippen MR) is 110 cm³/mol. The third kappa shape index (κ3) is 10.8. The van der Waals surface area contributed by atoms with Crippen LogP contribution in [-0.4, -0.2) is 14.2 Å². The molecule has 0 fully saturated rings. The molecule has 2 rings (SSSR count). The first-order chi connectivity index (χ1) is 10.2. The third-order valence-corrected chi connectivity index (χ3v) is 2.97. The molecule has 22 heavy (non-hydrogen) atoms. The van der Waals surface area contributed by atoms with Crippen LogP contribution < -0.4 is 0 Å². The second-order valence-electron chi connectivity index (χ2n) is 4.82. The van der Waals surface area contributed by atoms with Crippen LogP contribution in [0.4, 0.5) is 0 Å². The Hall–Kier alpha value is -0.870. The van der Waals surface area contributed by atoms with Gasteiger partial charge in [-0.15, -0.1) is 24.0 Å². The predicted octanol–water partition coefficient (Wildman–Crippen LogP) is 6.60. The first kappa shape index (κ1) is 23.4. The molecule has 0 heterocycles. The van der Waals surface area contributed by atoms with E-state index in [0.29, 0.717) is 0 Å². The second-order valence-corrected chi connectivity index (χ2v) is 4.82. The number of halogens is 1. The Balaban J connectivity index is 0. The van der Waals surface area contributed by atoms with Gasteiger partial charge in [0.05, 0.1) is 0 Å². The van der Waals surface area contributed by atoms with Crippen LogP contribution in [0, 0.1) is 0 Å². The minimum Gasteiger partial charge on any atom is -0.388 e. The van der Waals surface area contributed by atoms with Crippen LogP contribution in [0.25, 0.3) is 11.1 Å². The van der Waals surface area contributed by atoms with E-state index in [1.165, 1.54) is 29.5 Å². The highest BCUT2D eigenvalue weighted by molar-refractivity contribution is 14.0. The number of hydrogen-bond donors (Lipinski definition) is 0. The van der Waals surface area contributed by atoms with Crippen molar-refractivity contribution in [3.63, 3.8) is 0 Å². The Morgan fingerprint density at radius 1 is 0.682 bits per heavy atom. The third-order valence-electron chi connectivity index (χ3n) is 2.97. The lowest BCUT2D eigenvalue weighted by atomic mass is 10.0. The molecule has 0 aromatic heterocycles. The van der Waals surface area contributed by atoms with E-state index in [-0.39, 0.29) is 24.0 Å². The van der Waals surface area contributed by atoms with E-state index in [4.69, 9.17) is 0 Å². The summed E-state index contributed by atoms with van der Waals surface area (Å²) in [4.78, 5) is 0.